The second-order valence-corrected chi connectivity index (χ2v) is 8.68. The van der Waals surface area contributed by atoms with Crippen LogP contribution >= 0.6 is 27.7 Å². The molecule has 0 aliphatic rings. The molecule has 9 heteroatoms. The maximum absolute atomic E-state index is 9.85. The van der Waals surface area contributed by atoms with Gasteiger partial charge in [0.15, 0.2) is 11.0 Å². The molecule has 0 radical (unpaired) electrons. The van der Waals surface area contributed by atoms with Gasteiger partial charge in [0.2, 0.25) is 0 Å². The van der Waals surface area contributed by atoms with Crippen LogP contribution in [0, 0.1) is 17.2 Å². The summed E-state index contributed by atoms with van der Waals surface area (Å²) in [5, 5.41) is 14.7. The van der Waals surface area contributed by atoms with Gasteiger partial charge in [0, 0.05) is 11.3 Å². The van der Waals surface area contributed by atoms with E-state index in [2.05, 4.69) is 61.3 Å². The lowest BCUT2D eigenvalue weighted by Crippen LogP contribution is -2.04. The highest BCUT2D eigenvalue weighted by molar-refractivity contribution is 9.10. The minimum absolute atomic E-state index is 0.318. The van der Waals surface area contributed by atoms with Crippen molar-refractivity contribution >= 4 is 39.7 Å². The minimum atomic E-state index is 0.318. The third-order valence-electron chi connectivity index (χ3n) is 4.01. The molecule has 0 fully saturated rings. The fraction of sp³-hybridized carbons (Fsp3) is 0.227. The summed E-state index contributed by atoms with van der Waals surface area (Å²) in [7, 11) is 1.61. The van der Waals surface area contributed by atoms with Crippen LogP contribution in [0.4, 0.5) is 5.82 Å². The third kappa shape index (κ3) is 6.26. The van der Waals surface area contributed by atoms with Crippen molar-refractivity contribution < 1.29 is 4.74 Å². The zero-order valence-corrected chi connectivity index (χ0v) is 19.7. The van der Waals surface area contributed by atoms with Gasteiger partial charge in [-0.1, -0.05) is 31.7 Å². The number of thioether (sulfide) groups is 1. The molecule has 158 valence electrons. The van der Waals surface area contributed by atoms with Gasteiger partial charge < -0.3 is 4.74 Å². The van der Waals surface area contributed by atoms with Crippen LogP contribution in [0.1, 0.15) is 25.1 Å². The number of nitrogens with zero attached hydrogens (tertiary/aromatic N) is 5. The summed E-state index contributed by atoms with van der Waals surface area (Å²) in [5.41, 5.74) is 5.22. The first-order valence-corrected chi connectivity index (χ1v) is 11.3. The number of methoxy groups -OCH3 is 1. The fourth-order valence-corrected chi connectivity index (χ4v) is 3.70. The third-order valence-corrected chi connectivity index (χ3v) is 5.73. The molecule has 1 aromatic carbocycles. The zero-order chi connectivity index (χ0) is 22.2. The molecule has 7 nitrogen and oxygen atoms in total. The molecule has 2 aromatic heterocycles. The van der Waals surface area contributed by atoms with Crippen molar-refractivity contribution in [2.45, 2.75) is 19.0 Å². The van der Waals surface area contributed by atoms with E-state index < -0.39 is 0 Å². The van der Waals surface area contributed by atoms with Crippen molar-refractivity contribution in [1.82, 2.24) is 15.0 Å². The van der Waals surface area contributed by atoms with Gasteiger partial charge in [-0.2, -0.15) is 10.4 Å². The van der Waals surface area contributed by atoms with Crippen LogP contribution in [-0.2, 0) is 0 Å². The number of pyridine rings is 1. The summed E-state index contributed by atoms with van der Waals surface area (Å²) in [4.78, 5) is 13.5. The first-order chi connectivity index (χ1) is 15.0. The first kappa shape index (κ1) is 22.7. The average Bonchev–Trinajstić information content (AvgIpc) is 2.77. The Labute approximate surface area is 194 Å². The Hall–Kier alpha value is -2.96. The lowest BCUT2D eigenvalue weighted by Gasteiger charge is -2.12. The predicted octanol–water partition coefficient (Wildman–Crippen LogP) is 5.38. The summed E-state index contributed by atoms with van der Waals surface area (Å²) in [6.45, 7) is 4.27. The molecule has 0 spiro atoms. The van der Waals surface area contributed by atoms with Crippen LogP contribution in [0.2, 0.25) is 0 Å². The summed E-state index contributed by atoms with van der Waals surface area (Å²) < 4.78 is 5.95. The SMILES string of the molecule is COc1ccc(-c2nc(SCC(C)C)nc(N/N=C/c3cccc(Br)n3)c2C#N)cc1. The van der Waals surface area contributed by atoms with Gasteiger partial charge in [0.05, 0.1) is 24.7 Å². The van der Waals surface area contributed by atoms with E-state index in [9.17, 15) is 5.26 Å². The number of ether oxygens (including phenoxy) is 1. The topological polar surface area (TPSA) is 96.1 Å². The van der Waals surface area contributed by atoms with E-state index in [0.717, 1.165) is 17.1 Å². The Morgan fingerprint density at radius 2 is 1.97 bits per heavy atom. The normalized spacial score (nSPS) is 11.0. The minimum Gasteiger partial charge on any atom is -0.497 e. The maximum Gasteiger partial charge on any atom is 0.190 e. The van der Waals surface area contributed by atoms with Crippen molar-refractivity contribution in [2.24, 2.45) is 11.0 Å². The Bertz CT molecular complexity index is 1110. The van der Waals surface area contributed by atoms with Gasteiger partial charge >= 0.3 is 0 Å². The van der Waals surface area contributed by atoms with Crippen molar-refractivity contribution in [2.75, 3.05) is 18.3 Å². The van der Waals surface area contributed by atoms with E-state index in [-0.39, 0.29) is 0 Å². The molecule has 0 saturated carbocycles. The number of hydrogen-bond donors (Lipinski definition) is 1. The molecule has 0 unspecified atom stereocenters. The number of nitrogens with one attached hydrogen (secondary N) is 1. The number of anilines is 1. The molecule has 0 aliphatic heterocycles. The Kier molecular flexibility index (Phi) is 7.98. The van der Waals surface area contributed by atoms with Crippen LogP contribution in [0.3, 0.4) is 0 Å². The van der Waals surface area contributed by atoms with Crippen molar-refractivity contribution in [3.8, 4) is 23.1 Å². The van der Waals surface area contributed by atoms with E-state index >= 15 is 0 Å². The van der Waals surface area contributed by atoms with Crippen LogP contribution < -0.4 is 10.2 Å². The van der Waals surface area contributed by atoms with Crippen LogP contribution in [0.5, 0.6) is 5.75 Å². The summed E-state index contributed by atoms with van der Waals surface area (Å²) in [6.07, 6.45) is 1.57. The number of nitriles is 1. The number of halogens is 1. The molecule has 0 aliphatic carbocycles. The molecule has 1 N–H and O–H groups in total. The molecule has 3 aromatic rings. The van der Waals surface area contributed by atoms with E-state index in [0.29, 0.717) is 38.4 Å². The van der Waals surface area contributed by atoms with E-state index in [1.807, 2.05) is 42.5 Å². The van der Waals surface area contributed by atoms with Crippen LogP contribution in [0.25, 0.3) is 11.3 Å². The van der Waals surface area contributed by atoms with E-state index in [1.165, 1.54) is 0 Å². The lowest BCUT2D eigenvalue weighted by molar-refractivity contribution is 0.415. The maximum atomic E-state index is 9.85. The van der Waals surface area contributed by atoms with Crippen LogP contribution in [-0.4, -0.2) is 34.0 Å². The Morgan fingerprint density at radius 3 is 2.61 bits per heavy atom. The van der Waals surface area contributed by atoms with Gasteiger partial charge in [-0.15, -0.1) is 0 Å². The van der Waals surface area contributed by atoms with Crippen LogP contribution in [0.15, 0.2) is 57.3 Å². The smallest absolute Gasteiger partial charge is 0.190 e. The molecule has 2 heterocycles. The van der Waals surface area contributed by atoms with Gasteiger partial charge in [-0.25, -0.2) is 15.0 Å². The zero-order valence-electron chi connectivity index (χ0n) is 17.3. The molecule has 0 saturated heterocycles. The Balaban J connectivity index is 1.98. The highest BCUT2D eigenvalue weighted by atomic mass is 79.9. The standard InChI is InChI=1S/C22H21BrN6OS/c1-14(2)13-31-22-27-20(15-7-9-17(30-3)10-8-15)18(11-24)21(28-22)29-25-12-16-5-4-6-19(23)26-16/h4-10,12,14H,13H2,1-3H3,(H,27,28,29)/b25-12+. The van der Waals surface area contributed by atoms with E-state index in [1.54, 1.807) is 25.1 Å². The quantitative estimate of drug-likeness (QED) is 0.147. The first-order valence-electron chi connectivity index (χ1n) is 9.51. The lowest BCUT2D eigenvalue weighted by atomic mass is 10.1. The van der Waals surface area contributed by atoms with Crippen molar-refractivity contribution in [3.05, 3.63) is 58.3 Å². The summed E-state index contributed by atoms with van der Waals surface area (Å²) in [5.74, 6) is 2.42. The monoisotopic (exact) mass is 496 g/mol. The number of hydrogen-bond acceptors (Lipinski definition) is 8. The summed E-state index contributed by atoms with van der Waals surface area (Å²) >= 11 is 4.88. The van der Waals surface area contributed by atoms with Crippen molar-refractivity contribution in [3.63, 3.8) is 0 Å². The fourth-order valence-electron chi connectivity index (χ4n) is 2.55. The van der Waals surface area contributed by atoms with Gasteiger partial charge in [0.1, 0.15) is 22.0 Å². The van der Waals surface area contributed by atoms with Gasteiger partial charge in [-0.3, -0.25) is 5.43 Å². The number of benzene rings is 1. The van der Waals surface area contributed by atoms with Gasteiger partial charge in [0.25, 0.3) is 0 Å². The largest absolute Gasteiger partial charge is 0.497 e. The highest BCUT2D eigenvalue weighted by Crippen LogP contribution is 2.30. The number of aromatic nitrogens is 3. The summed E-state index contributed by atoms with van der Waals surface area (Å²) in [6, 6.07) is 15.2. The predicted molar refractivity (Wildman–Crippen MR) is 127 cm³/mol. The second-order valence-electron chi connectivity index (χ2n) is 6.88. The Morgan fingerprint density at radius 1 is 1.19 bits per heavy atom. The second kappa shape index (κ2) is 10.9. The molecule has 3 rings (SSSR count). The molecule has 31 heavy (non-hydrogen) atoms. The average molecular weight is 497 g/mol. The van der Waals surface area contributed by atoms with E-state index in [4.69, 9.17) is 4.74 Å². The van der Waals surface area contributed by atoms with Gasteiger partial charge in [-0.05, 0) is 58.2 Å². The molecule has 0 bridgehead atoms. The molecule has 0 atom stereocenters. The van der Waals surface area contributed by atoms with Crippen molar-refractivity contribution in [1.29, 1.82) is 5.26 Å². The molecular weight excluding hydrogens is 476 g/mol. The number of hydrazone groups is 1. The molecule has 0 amide bonds. The molecular formula is C22H21BrN6OS. The number of rotatable bonds is 8. The highest BCUT2D eigenvalue weighted by Gasteiger charge is 2.17.